The Bertz CT molecular complexity index is 2500. The number of fused-ring (bicyclic) bond motifs is 5. The number of carbonyl (C=O) groups excluding carboxylic acids is 7. The van der Waals surface area contributed by atoms with Gasteiger partial charge >= 0.3 is 23.9 Å². The second kappa shape index (κ2) is 19.6. The summed E-state index contributed by atoms with van der Waals surface area (Å²) in [5.41, 5.74) is -7.02. The molecule has 11 atom stereocenters. The zero-order valence-electron chi connectivity index (χ0n) is 39.7. The number of amides is 2. The van der Waals surface area contributed by atoms with Crippen molar-refractivity contribution in [2.24, 2.45) is 16.7 Å². The molecule has 0 spiro atoms. The summed E-state index contributed by atoms with van der Waals surface area (Å²) in [5, 5.41) is 40.2. The van der Waals surface area contributed by atoms with Crippen molar-refractivity contribution in [1.29, 1.82) is 0 Å². The number of aliphatic hydroxyl groups is 3. The number of ether oxygens (including phenoxy) is 5. The number of nitrogens with zero attached hydrogens (tertiary/aromatic N) is 1. The first-order chi connectivity index (χ1) is 32.6. The summed E-state index contributed by atoms with van der Waals surface area (Å²) in [5.74, 6) is -6.55. The average Bonchev–Trinajstić information content (AvgIpc) is 3.70. The van der Waals surface area contributed by atoms with Crippen LogP contribution in [0.4, 0.5) is 0 Å². The van der Waals surface area contributed by atoms with E-state index >= 15 is 4.79 Å². The number of rotatable bonds is 10. The maximum Gasteiger partial charge on any atom is 0.338 e. The highest BCUT2D eigenvalue weighted by Crippen LogP contribution is 2.64. The normalized spacial score (nSPS) is 30.8. The molecule has 2 saturated carbocycles. The van der Waals surface area contributed by atoms with Crippen LogP contribution in [0.2, 0.25) is 0 Å². The molecular weight excluding hydrogens is 893 g/mol. The number of nitrogens with one attached hydrogen (secondary N) is 1. The topological polar surface area (TPSA) is 242 Å². The zero-order chi connectivity index (χ0) is 50.2. The number of benzene rings is 3. The molecule has 3 aliphatic carbocycles. The van der Waals surface area contributed by atoms with Gasteiger partial charge in [-0.2, -0.15) is 0 Å². The van der Waals surface area contributed by atoms with Crippen molar-refractivity contribution in [2.45, 2.75) is 121 Å². The summed E-state index contributed by atoms with van der Waals surface area (Å²) < 4.78 is 30.3. The number of ketones is 1. The molecule has 0 unspecified atom stereocenters. The Hall–Kier alpha value is -6.27. The number of Topliss-reactive ketones (excluding diaryl/α,β-unsaturated/α-hetero) is 1. The van der Waals surface area contributed by atoms with Gasteiger partial charge < -0.3 is 49.2 Å². The number of esters is 4. The van der Waals surface area contributed by atoms with Gasteiger partial charge in [0.1, 0.15) is 23.9 Å². The summed E-state index contributed by atoms with van der Waals surface area (Å²) in [6.07, 6.45) is -8.70. The van der Waals surface area contributed by atoms with Crippen molar-refractivity contribution >= 4 is 41.5 Å². The Balaban J connectivity index is 0.000000921. The summed E-state index contributed by atoms with van der Waals surface area (Å²) in [6.45, 7) is 8.93. The second-order valence-electron chi connectivity index (χ2n) is 19.3. The molecule has 5 aliphatic rings. The smallest absolute Gasteiger partial charge is 0.338 e. The highest BCUT2D eigenvalue weighted by molar-refractivity contribution is 5.96. The highest BCUT2D eigenvalue weighted by Gasteiger charge is 2.78. The van der Waals surface area contributed by atoms with E-state index in [2.05, 4.69) is 5.32 Å². The van der Waals surface area contributed by atoms with Crippen molar-refractivity contribution in [3.63, 3.8) is 0 Å². The van der Waals surface area contributed by atoms with E-state index in [-0.39, 0.29) is 35.3 Å². The van der Waals surface area contributed by atoms with Gasteiger partial charge in [-0.3, -0.25) is 24.0 Å². The Kier molecular flexibility index (Phi) is 14.4. The third-order valence-electron chi connectivity index (χ3n) is 14.8. The Morgan fingerprint density at radius 3 is 1.94 bits per heavy atom. The SMILES string of the molecule is CC(=O)O[C@H]1C(=O)[C@@]2(C)[C@H]([C@H](OC(=O)c3ccccc3)[C@]3(O)C[C@H](OC(=O)[C@H](O)[C@@H](NC(=O)c4ccccc4)c4ccccc4)C(C)=C1C3(C)C)[C@]1(OC(C)=O)CO[C@@H]1C[C@@H]2O.CN1CCCC1=O. The van der Waals surface area contributed by atoms with E-state index in [0.29, 0.717) is 11.5 Å². The van der Waals surface area contributed by atoms with Crippen LogP contribution in [0.1, 0.15) is 99.5 Å². The summed E-state index contributed by atoms with van der Waals surface area (Å²) >= 11 is 0. The van der Waals surface area contributed by atoms with E-state index in [9.17, 15) is 44.1 Å². The predicted octanol–water partition coefficient (Wildman–Crippen LogP) is 3.97. The molecule has 2 aliphatic heterocycles. The minimum atomic E-state index is -2.39. The van der Waals surface area contributed by atoms with Gasteiger partial charge in [-0.1, -0.05) is 80.6 Å². The molecule has 69 heavy (non-hydrogen) atoms. The molecule has 2 amide bonds. The summed E-state index contributed by atoms with van der Waals surface area (Å²) in [7, 11) is 1.84. The maximum atomic E-state index is 15.5. The van der Waals surface area contributed by atoms with Crippen LogP contribution in [0.5, 0.6) is 0 Å². The van der Waals surface area contributed by atoms with Gasteiger partial charge in [0.05, 0.1) is 35.6 Å². The molecule has 2 saturated heterocycles. The molecule has 2 heterocycles. The number of aliphatic hydroxyl groups excluding tert-OH is 2. The third-order valence-corrected chi connectivity index (χ3v) is 14.8. The first-order valence-corrected chi connectivity index (χ1v) is 23.0. The van der Waals surface area contributed by atoms with E-state index < -0.39 is 113 Å². The Morgan fingerprint density at radius 2 is 1.43 bits per heavy atom. The average molecular weight is 953 g/mol. The minimum Gasteiger partial charge on any atom is -0.456 e. The lowest BCUT2D eigenvalue weighted by atomic mass is 9.44. The van der Waals surface area contributed by atoms with E-state index in [0.717, 1.165) is 33.2 Å². The zero-order valence-corrected chi connectivity index (χ0v) is 39.7. The lowest BCUT2D eigenvalue weighted by Crippen LogP contribution is -2.82. The van der Waals surface area contributed by atoms with Crippen molar-refractivity contribution in [1.82, 2.24) is 10.2 Å². The van der Waals surface area contributed by atoms with E-state index in [1.165, 1.54) is 26.0 Å². The second-order valence-corrected chi connectivity index (χ2v) is 19.3. The molecule has 4 fully saturated rings. The Labute approximate surface area is 400 Å². The van der Waals surface area contributed by atoms with Gasteiger partial charge in [0.2, 0.25) is 5.91 Å². The van der Waals surface area contributed by atoms with Crippen LogP contribution >= 0.6 is 0 Å². The third kappa shape index (κ3) is 9.20. The molecule has 4 N–H and O–H groups in total. The summed E-state index contributed by atoms with van der Waals surface area (Å²) in [4.78, 5) is 95.7. The van der Waals surface area contributed by atoms with Crippen LogP contribution in [0.25, 0.3) is 0 Å². The molecule has 17 heteroatoms. The monoisotopic (exact) mass is 952 g/mol. The van der Waals surface area contributed by atoms with Gasteiger partial charge in [-0.25, -0.2) is 9.59 Å². The maximum absolute atomic E-state index is 15.5. The molecule has 8 rings (SSSR count). The van der Waals surface area contributed by atoms with E-state index in [4.69, 9.17) is 23.7 Å². The van der Waals surface area contributed by atoms with Crippen molar-refractivity contribution < 1.29 is 72.6 Å². The predicted molar refractivity (Wildman–Crippen MR) is 245 cm³/mol. The lowest BCUT2D eigenvalue weighted by Gasteiger charge is -2.67. The van der Waals surface area contributed by atoms with Crippen molar-refractivity contribution in [2.75, 3.05) is 20.2 Å². The number of carbonyl (C=O) groups is 7. The van der Waals surface area contributed by atoms with Gasteiger partial charge in [0, 0.05) is 57.7 Å². The van der Waals surface area contributed by atoms with Gasteiger partial charge in [0.15, 0.2) is 23.6 Å². The van der Waals surface area contributed by atoms with Gasteiger partial charge in [-0.05, 0) is 61.2 Å². The lowest BCUT2D eigenvalue weighted by molar-refractivity contribution is -0.346. The van der Waals surface area contributed by atoms with Crippen LogP contribution in [0, 0.1) is 16.7 Å². The molecular formula is C52H60N2O15. The quantitative estimate of drug-likeness (QED) is 0.128. The van der Waals surface area contributed by atoms with Crippen molar-refractivity contribution in [3.8, 4) is 0 Å². The fourth-order valence-electron chi connectivity index (χ4n) is 11.0. The molecule has 17 nitrogen and oxygen atoms in total. The molecule has 0 aromatic heterocycles. The van der Waals surface area contributed by atoms with Crippen LogP contribution < -0.4 is 5.32 Å². The molecule has 3 aromatic carbocycles. The fraction of sp³-hybridized carbons (Fsp3) is 0.481. The number of hydrogen-bond donors (Lipinski definition) is 4. The Morgan fingerprint density at radius 1 is 0.841 bits per heavy atom. The standard InChI is InChI=1S/C47H51NO14.C5H9NO/c1-25-31(60-43(56)36(52)35(28-16-10-7-11-17-28)48-41(54)29-18-12-8-13-19-29)23-47(57)40(61-42(55)30-20-14-9-15-21-30)38-45(6,32(51)22-33-46(38,24-58-33)62-27(3)50)39(53)37(59-26(2)49)34(25)44(47,4)5;1-6-4-2-3-5(6)7/h7-21,31-33,35-38,40,51-52,57H,22-24H2,1-6H3,(H,48,54);2-4H2,1H3/t31-,32-,33+,35-,36+,37+,38-,40-,45+,46-,47+;/m0./s1. The van der Waals surface area contributed by atoms with Crippen LogP contribution in [0.15, 0.2) is 102 Å². The van der Waals surface area contributed by atoms with Crippen LogP contribution in [-0.2, 0) is 47.7 Å². The first kappa shape index (κ1) is 50.6. The molecule has 2 bridgehead atoms. The summed E-state index contributed by atoms with van der Waals surface area (Å²) in [6, 6.07) is 22.9. The van der Waals surface area contributed by atoms with Crippen LogP contribution in [0.3, 0.4) is 0 Å². The van der Waals surface area contributed by atoms with Gasteiger partial charge in [-0.15, -0.1) is 0 Å². The molecule has 3 aromatic rings. The van der Waals surface area contributed by atoms with E-state index in [1.807, 2.05) is 7.05 Å². The number of likely N-dealkylation sites (tertiary alicyclic amines) is 1. The number of hydrogen-bond acceptors (Lipinski definition) is 15. The van der Waals surface area contributed by atoms with Crippen LogP contribution in [-0.4, -0.2) is 130 Å². The highest BCUT2D eigenvalue weighted by atomic mass is 16.6. The molecule has 0 radical (unpaired) electrons. The van der Waals surface area contributed by atoms with Gasteiger partial charge in [0.25, 0.3) is 5.91 Å². The van der Waals surface area contributed by atoms with E-state index in [1.54, 1.807) is 97.6 Å². The fourth-order valence-corrected chi connectivity index (χ4v) is 11.0. The first-order valence-electron chi connectivity index (χ1n) is 23.0. The minimum absolute atomic E-state index is 0.00289. The van der Waals surface area contributed by atoms with Crippen molar-refractivity contribution in [3.05, 3.63) is 119 Å². The largest absolute Gasteiger partial charge is 0.456 e. The molecule has 368 valence electrons.